The Balaban J connectivity index is 4.38. The van der Waals surface area contributed by atoms with E-state index in [1.54, 1.807) is 6.92 Å². The molecule has 0 aromatic rings. The first kappa shape index (κ1) is 15.2. The molecule has 0 aliphatic heterocycles. The summed E-state index contributed by atoms with van der Waals surface area (Å²) >= 11 is 5.59. The highest BCUT2D eigenvalue weighted by Crippen LogP contribution is 2.09. The van der Waals surface area contributed by atoms with Crippen LogP contribution in [0.4, 0.5) is 0 Å². The Kier molecular flexibility index (Phi) is 7.52. The van der Waals surface area contributed by atoms with Crippen LogP contribution in [-0.2, 0) is 10.0 Å². The summed E-state index contributed by atoms with van der Waals surface area (Å²) in [5.41, 5.74) is 0. The molecule has 0 spiro atoms. The van der Waals surface area contributed by atoms with Crippen LogP contribution in [0.15, 0.2) is 0 Å². The minimum atomic E-state index is -3.22. The largest absolute Gasteiger partial charge is 0.396 e. The molecular formula is C9H20ClNO3S. The van der Waals surface area contributed by atoms with E-state index in [1.807, 2.05) is 6.92 Å². The Morgan fingerprint density at radius 1 is 1.47 bits per heavy atom. The molecule has 4 nitrogen and oxygen atoms in total. The Morgan fingerprint density at radius 2 is 2.07 bits per heavy atom. The van der Waals surface area contributed by atoms with Crippen molar-refractivity contribution in [2.75, 3.05) is 31.3 Å². The third-order valence-corrected chi connectivity index (χ3v) is 4.81. The normalized spacial score (nSPS) is 14.5. The van der Waals surface area contributed by atoms with E-state index in [4.69, 9.17) is 16.7 Å². The number of aliphatic hydroxyl groups excluding tert-OH is 1. The van der Waals surface area contributed by atoms with E-state index in [0.717, 1.165) is 0 Å². The van der Waals surface area contributed by atoms with Gasteiger partial charge in [-0.2, -0.15) is 0 Å². The number of aliphatic hydroxyl groups is 1. The SMILES string of the molecule is CCN(CCCO)S(=O)(=O)CC(C)CCl. The molecule has 6 heteroatoms. The number of nitrogens with zero attached hydrogens (tertiary/aromatic N) is 1. The predicted octanol–water partition coefficient (Wildman–Crippen LogP) is 0.895. The van der Waals surface area contributed by atoms with Crippen LogP contribution in [0.2, 0.25) is 0 Å². The highest BCUT2D eigenvalue weighted by atomic mass is 35.5. The van der Waals surface area contributed by atoms with Gasteiger partial charge in [-0.3, -0.25) is 0 Å². The minimum Gasteiger partial charge on any atom is -0.396 e. The van der Waals surface area contributed by atoms with Crippen LogP contribution in [0.1, 0.15) is 20.3 Å². The number of halogens is 1. The lowest BCUT2D eigenvalue weighted by Gasteiger charge is -2.21. The van der Waals surface area contributed by atoms with Crippen molar-refractivity contribution in [1.29, 1.82) is 0 Å². The van der Waals surface area contributed by atoms with Gasteiger partial charge in [0.25, 0.3) is 0 Å². The average molecular weight is 258 g/mol. The van der Waals surface area contributed by atoms with Crippen LogP contribution in [-0.4, -0.2) is 49.2 Å². The molecule has 0 saturated heterocycles. The summed E-state index contributed by atoms with van der Waals surface area (Å²) < 4.78 is 25.0. The Labute approximate surface area is 97.3 Å². The molecule has 0 aliphatic rings. The van der Waals surface area contributed by atoms with Gasteiger partial charge in [-0.05, 0) is 12.3 Å². The highest BCUT2D eigenvalue weighted by molar-refractivity contribution is 7.89. The van der Waals surface area contributed by atoms with Crippen molar-refractivity contribution in [3.05, 3.63) is 0 Å². The quantitative estimate of drug-likeness (QED) is 0.658. The van der Waals surface area contributed by atoms with Crippen LogP contribution in [0, 0.1) is 5.92 Å². The summed E-state index contributed by atoms with van der Waals surface area (Å²) in [4.78, 5) is 0. The summed E-state index contributed by atoms with van der Waals surface area (Å²) in [6.07, 6.45) is 0.475. The van der Waals surface area contributed by atoms with Gasteiger partial charge < -0.3 is 5.11 Å². The molecule has 0 aromatic heterocycles. The molecule has 0 amide bonds. The number of rotatable bonds is 8. The lowest BCUT2D eigenvalue weighted by molar-refractivity contribution is 0.271. The van der Waals surface area contributed by atoms with Crippen LogP contribution in [0.3, 0.4) is 0 Å². The van der Waals surface area contributed by atoms with Crippen LogP contribution < -0.4 is 0 Å². The van der Waals surface area contributed by atoms with E-state index in [2.05, 4.69) is 0 Å². The van der Waals surface area contributed by atoms with Gasteiger partial charge in [0.05, 0.1) is 5.75 Å². The van der Waals surface area contributed by atoms with Gasteiger partial charge in [-0.25, -0.2) is 12.7 Å². The lowest BCUT2D eigenvalue weighted by atomic mass is 10.3. The maximum Gasteiger partial charge on any atom is 0.214 e. The Hall–Kier alpha value is 0.160. The van der Waals surface area contributed by atoms with Gasteiger partial charge in [-0.1, -0.05) is 13.8 Å². The van der Waals surface area contributed by atoms with E-state index in [9.17, 15) is 8.42 Å². The zero-order chi connectivity index (χ0) is 11.9. The smallest absolute Gasteiger partial charge is 0.214 e. The molecule has 0 saturated carbocycles. The van der Waals surface area contributed by atoms with Gasteiger partial charge in [0.15, 0.2) is 0 Å². The lowest BCUT2D eigenvalue weighted by Crippen LogP contribution is -2.36. The van der Waals surface area contributed by atoms with Crippen molar-refractivity contribution in [1.82, 2.24) is 4.31 Å². The molecule has 0 aromatic carbocycles. The molecule has 0 fully saturated rings. The third-order valence-electron chi connectivity index (χ3n) is 2.07. The van der Waals surface area contributed by atoms with E-state index >= 15 is 0 Å². The van der Waals surface area contributed by atoms with Gasteiger partial charge in [0, 0.05) is 25.6 Å². The van der Waals surface area contributed by atoms with Crippen molar-refractivity contribution >= 4 is 21.6 Å². The molecule has 1 N–H and O–H groups in total. The maximum absolute atomic E-state index is 11.8. The molecule has 0 heterocycles. The van der Waals surface area contributed by atoms with Crippen LogP contribution >= 0.6 is 11.6 Å². The fraction of sp³-hybridized carbons (Fsp3) is 1.00. The van der Waals surface area contributed by atoms with E-state index < -0.39 is 10.0 Å². The molecule has 0 aliphatic carbocycles. The monoisotopic (exact) mass is 257 g/mol. The van der Waals surface area contributed by atoms with Crippen LogP contribution in [0.5, 0.6) is 0 Å². The Morgan fingerprint density at radius 3 is 2.47 bits per heavy atom. The molecule has 0 rings (SSSR count). The zero-order valence-corrected chi connectivity index (χ0v) is 10.9. The second-order valence-corrected chi connectivity index (χ2v) is 5.93. The third kappa shape index (κ3) is 5.70. The summed E-state index contributed by atoms with van der Waals surface area (Å²) in [7, 11) is -3.22. The zero-order valence-electron chi connectivity index (χ0n) is 9.32. The molecular weight excluding hydrogens is 238 g/mol. The number of hydrogen-bond donors (Lipinski definition) is 1. The Bertz CT molecular complexity index is 256. The topological polar surface area (TPSA) is 57.6 Å². The fourth-order valence-corrected chi connectivity index (χ4v) is 3.34. The summed E-state index contributed by atoms with van der Waals surface area (Å²) in [6.45, 7) is 4.43. The molecule has 1 atom stereocenters. The first-order valence-corrected chi connectivity index (χ1v) is 7.27. The molecule has 92 valence electrons. The molecule has 15 heavy (non-hydrogen) atoms. The van der Waals surface area contributed by atoms with E-state index in [-0.39, 0.29) is 18.3 Å². The number of sulfonamides is 1. The van der Waals surface area contributed by atoms with E-state index in [1.165, 1.54) is 4.31 Å². The standard InChI is InChI=1S/C9H20ClNO3S/c1-3-11(5-4-6-12)15(13,14)8-9(2)7-10/h9,12H,3-8H2,1-2H3. The van der Waals surface area contributed by atoms with Crippen molar-refractivity contribution in [2.24, 2.45) is 5.92 Å². The van der Waals surface area contributed by atoms with Crippen LogP contribution in [0.25, 0.3) is 0 Å². The van der Waals surface area contributed by atoms with Crippen molar-refractivity contribution in [3.8, 4) is 0 Å². The number of alkyl halides is 1. The summed E-state index contributed by atoms with van der Waals surface area (Å²) in [5, 5.41) is 8.66. The van der Waals surface area contributed by atoms with Gasteiger partial charge in [-0.15, -0.1) is 11.6 Å². The van der Waals surface area contributed by atoms with Crippen molar-refractivity contribution in [3.63, 3.8) is 0 Å². The van der Waals surface area contributed by atoms with Gasteiger partial charge in [0.1, 0.15) is 0 Å². The number of hydrogen-bond acceptors (Lipinski definition) is 3. The molecule has 0 bridgehead atoms. The van der Waals surface area contributed by atoms with Gasteiger partial charge >= 0.3 is 0 Å². The summed E-state index contributed by atoms with van der Waals surface area (Å²) in [6, 6.07) is 0. The summed E-state index contributed by atoms with van der Waals surface area (Å²) in [5.74, 6) is 0.381. The minimum absolute atomic E-state index is 0.0110. The average Bonchev–Trinajstić information content (AvgIpc) is 2.17. The first-order valence-electron chi connectivity index (χ1n) is 5.12. The second-order valence-electron chi connectivity index (χ2n) is 3.61. The van der Waals surface area contributed by atoms with Crippen molar-refractivity contribution < 1.29 is 13.5 Å². The molecule has 1 unspecified atom stereocenters. The first-order chi connectivity index (χ1) is 6.97. The maximum atomic E-state index is 11.8. The fourth-order valence-electron chi connectivity index (χ4n) is 1.25. The van der Waals surface area contributed by atoms with Crippen molar-refractivity contribution in [2.45, 2.75) is 20.3 Å². The second kappa shape index (κ2) is 7.44. The molecule has 0 radical (unpaired) electrons. The van der Waals surface area contributed by atoms with Gasteiger partial charge in [0.2, 0.25) is 10.0 Å². The van der Waals surface area contributed by atoms with E-state index in [0.29, 0.717) is 25.4 Å². The highest BCUT2D eigenvalue weighted by Gasteiger charge is 2.22. The predicted molar refractivity (Wildman–Crippen MR) is 62.6 cm³/mol.